The summed E-state index contributed by atoms with van der Waals surface area (Å²) in [6.07, 6.45) is 1.87. The molecule has 0 saturated carbocycles. The van der Waals surface area contributed by atoms with Gasteiger partial charge >= 0.3 is 12.6 Å². The Bertz CT molecular complexity index is 1770. The molecule has 0 saturated heterocycles. The number of nitrogens with zero attached hydrogens (tertiary/aromatic N) is 3. The zero-order valence-electron chi connectivity index (χ0n) is 25.0. The molecule has 0 aliphatic heterocycles. The number of imidazole rings is 1. The monoisotopic (exact) mass is 597 g/mol. The molecule has 0 spiro atoms. The van der Waals surface area contributed by atoms with Crippen LogP contribution in [0.4, 0.5) is 8.78 Å². The molecule has 3 heterocycles. The highest BCUT2D eigenvalue weighted by molar-refractivity contribution is 5.90. The molecule has 0 radical (unpaired) electrons. The molecule has 0 fully saturated rings. The summed E-state index contributed by atoms with van der Waals surface area (Å²) >= 11 is 0. The molecule has 228 valence electrons. The number of carbonyl (C=O) groups is 1. The third-order valence-corrected chi connectivity index (χ3v) is 7.79. The average Bonchev–Trinajstić information content (AvgIpc) is 3.34. The van der Waals surface area contributed by atoms with Gasteiger partial charge < -0.3 is 28.3 Å². The van der Waals surface area contributed by atoms with Crippen molar-refractivity contribution in [2.24, 2.45) is 5.41 Å². The second kappa shape index (κ2) is 11.2. The van der Waals surface area contributed by atoms with Crippen molar-refractivity contribution >= 4 is 11.6 Å². The molecule has 1 aliphatic rings. The van der Waals surface area contributed by atoms with E-state index >= 15 is 0 Å². The lowest BCUT2D eigenvalue weighted by Crippen LogP contribution is -2.34. The zero-order chi connectivity index (χ0) is 31.2. The molecule has 12 heteroatoms. The highest BCUT2D eigenvalue weighted by Gasteiger charge is 2.39. The minimum absolute atomic E-state index is 0.0280. The molecule has 1 atom stereocenters. The molecule has 0 amide bonds. The number of esters is 1. The largest absolute Gasteiger partial charge is 0.497 e. The SMILES string of the molecule is COC(=O)c1cc2c(n(Cc3ccc(OC)cc3OC)c1=O)-c1nc3c(OC)cc(OC(F)F)cn3c1CC2C(C)(C)C. The van der Waals surface area contributed by atoms with Gasteiger partial charge in [0.2, 0.25) is 0 Å². The van der Waals surface area contributed by atoms with E-state index in [4.69, 9.17) is 28.7 Å². The van der Waals surface area contributed by atoms with Gasteiger partial charge in [-0.2, -0.15) is 8.78 Å². The van der Waals surface area contributed by atoms with Crippen LogP contribution >= 0.6 is 0 Å². The predicted octanol–water partition coefficient (Wildman–Crippen LogP) is 5.31. The first-order chi connectivity index (χ1) is 20.4. The van der Waals surface area contributed by atoms with E-state index in [1.54, 1.807) is 35.8 Å². The van der Waals surface area contributed by atoms with Crippen molar-refractivity contribution in [2.45, 2.75) is 46.3 Å². The number of pyridine rings is 2. The zero-order valence-corrected chi connectivity index (χ0v) is 25.0. The van der Waals surface area contributed by atoms with Crippen molar-refractivity contribution in [3.05, 3.63) is 69.3 Å². The van der Waals surface area contributed by atoms with E-state index < -0.39 is 18.1 Å². The molecule has 1 aromatic carbocycles. The fraction of sp³-hybridized carbons (Fsp3) is 0.387. The van der Waals surface area contributed by atoms with Crippen LogP contribution in [0.25, 0.3) is 17.0 Å². The van der Waals surface area contributed by atoms with Gasteiger partial charge in [0.1, 0.15) is 28.5 Å². The summed E-state index contributed by atoms with van der Waals surface area (Å²) in [4.78, 5) is 31.9. The summed E-state index contributed by atoms with van der Waals surface area (Å²) in [7, 11) is 5.70. The standard InChI is InChI=1S/C31H33F2N3O7/c1-31(2,3)21-13-22-25(34-27-24(41-6)11-18(15-35(22)27)43-30(32)33)26-19(21)12-20(29(38)42-7)28(37)36(26)14-16-8-9-17(39-4)10-23(16)40-5/h8-12,15,21,30H,13-14H2,1-7H3. The Kier molecular flexibility index (Phi) is 7.80. The van der Waals surface area contributed by atoms with E-state index in [9.17, 15) is 18.4 Å². The molecular formula is C31H33F2N3O7. The molecule has 1 unspecified atom stereocenters. The summed E-state index contributed by atoms with van der Waals surface area (Å²) in [5.74, 6) is 0.207. The quantitative estimate of drug-likeness (QED) is 0.252. The lowest BCUT2D eigenvalue weighted by Gasteiger charge is -2.36. The Morgan fingerprint density at radius 3 is 2.33 bits per heavy atom. The summed E-state index contributed by atoms with van der Waals surface area (Å²) in [5, 5.41) is 0. The van der Waals surface area contributed by atoms with Crippen LogP contribution in [-0.4, -0.2) is 55.0 Å². The first-order valence-corrected chi connectivity index (χ1v) is 13.5. The van der Waals surface area contributed by atoms with E-state index in [-0.39, 0.29) is 34.9 Å². The van der Waals surface area contributed by atoms with Crippen LogP contribution in [0.1, 0.15) is 53.9 Å². The third-order valence-electron chi connectivity index (χ3n) is 7.79. The maximum Gasteiger partial charge on any atom is 0.387 e. The van der Waals surface area contributed by atoms with Crippen molar-refractivity contribution in [2.75, 3.05) is 28.4 Å². The second-order valence-corrected chi connectivity index (χ2v) is 11.3. The third kappa shape index (κ3) is 5.26. The fourth-order valence-corrected chi connectivity index (χ4v) is 5.69. The molecule has 43 heavy (non-hydrogen) atoms. The van der Waals surface area contributed by atoms with Crippen LogP contribution in [0.2, 0.25) is 0 Å². The normalized spacial score (nSPS) is 14.3. The predicted molar refractivity (Wildman–Crippen MR) is 154 cm³/mol. The van der Waals surface area contributed by atoms with Crippen molar-refractivity contribution in [3.63, 3.8) is 0 Å². The van der Waals surface area contributed by atoms with Gasteiger partial charge in [-0.1, -0.05) is 20.8 Å². The number of fused-ring (bicyclic) bond motifs is 5. The van der Waals surface area contributed by atoms with E-state index in [2.05, 4.69) is 20.8 Å². The van der Waals surface area contributed by atoms with Crippen LogP contribution in [-0.2, 0) is 17.7 Å². The number of aromatic nitrogens is 3. The number of hydrogen-bond donors (Lipinski definition) is 0. The highest BCUT2D eigenvalue weighted by atomic mass is 19.3. The number of benzene rings is 1. The summed E-state index contributed by atoms with van der Waals surface area (Å²) < 4.78 is 55.7. The smallest absolute Gasteiger partial charge is 0.387 e. The lowest BCUT2D eigenvalue weighted by molar-refractivity contribution is -0.0502. The van der Waals surface area contributed by atoms with E-state index in [1.807, 2.05) is 0 Å². The van der Waals surface area contributed by atoms with E-state index in [0.717, 1.165) is 5.56 Å². The number of carbonyl (C=O) groups excluding carboxylic acids is 1. The number of halogens is 2. The number of rotatable bonds is 8. The molecule has 0 bridgehead atoms. The Labute approximate surface area is 246 Å². The van der Waals surface area contributed by atoms with Crippen LogP contribution in [0.5, 0.6) is 23.0 Å². The number of hydrogen-bond acceptors (Lipinski definition) is 8. The van der Waals surface area contributed by atoms with E-state index in [0.29, 0.717) is 46.2 Å². The Morgan fingerprint density at radius 2 is 1.72 bits per heavy atom. The number of methoxy groups -OCH3 is 4. The fourth-order valence-electron chi connectivity index (χ4n) is 5.69. The molecule has 3 aromatic heterocycles. The Morgan fingerprint density at radius 1 is 1.02 bits per heavy atom. The van der Waals surface area contributed by atoms with Crippen molar-refractivity contribution in [1.82, 2.24) is 14.0 Å². The topological polar surface area (TPSA) is 103 Å². The van der Waals surface area contributed by atoms with Gasteiger partial charge in [0.15, 0.2) is 11.4 Å². The van der Waals surface area contributed by atoms with Gasteiger partial charge in [-0.3, -0.25) is 9.20 Å². The van der Waals surface area contributed by atoms with Gasteiger partial charge in [-0.05, 0) is 41.5 Å². The first-order valence-electron chi connectivity index (χ1n) is 13.5. The van der Waals surface area contributed by atoms with Gasteiger partial charge in [0.25, 0.3) is 5.56 Å². The van der Waals surface area contributed by atoms with Crippen molar-refractivity contribution < 1.29 is 37.3 Å². The van der Waals surface area contributed by atoms with Crippen molar-refractivity contribution in [3.8, 4) is 34.4 Å². The first kappa shape index (κ1) is 29.9. The Balaban J connectivity index is 1.87. The molecular weight excluding hydrogens is 564 g/mol. The van der Waals surface area contributed by atoms with Gasteiger partial charge in [-0.15, -0.1) is 0 Å². The van der Waals surface area contributed by atoms with E-state index in [1.165, 1.54) is 38.2 Å². The molecule has 10 nitrogen and oxygen atoms in total. The molecule has 5 rings (SSSR count). The van der Waals surface area contributed by atoms with Crippen LogP contribution in [0.15, 0.2) is 41.3 Å². The van der Waals surface area contributed by atoms with Crippen LogP contribution in [0.3, 0.4) is 0 Å². The maximum absolute atomic E-state index is 14.1. The minimum atomic E-state index is -3.04. The average molecular weight is 598 g/mol. The molecule has 4 aromatic rings. The van der Waals surface area contributed by atoms with Gasteiger partial charge in [-0.25, -0.2) is 9.78 Å². The number of ether oxygens (including phenoxy) is 5. The van der Waals surface area contributed by atoms with Crippen LogP contribution in [0, 0.1) is 5.41 Å². The molecule has 0 N–H and O–H groups in total. The maximum atomic E-state index is 14.1. The summed E-state index contributed by atoms with van der Waals surface area (Å²) in [6, 6.07) is 8.19. The lowest BCUT2D eigenvalue weighted by atomic mass is 9.70. The second-order valence-electron chi connectivity index (χ2n) is 11.3. The molecule has 1 aliphatic carbocycles. The van der Waals surface area contributed by atoms with Gasteiger partial charge in [0.05, 0.1) is 52.6 Å². The summed E-state index contributed by atoms with van der Waals surface area (Å²) in [6.45, 7) is 3.16. The summed E-state index contributed by atoms with van der Waals surface area (Å²) in [5.41, 5.74) is 2.36. The van der Waals surface area contributed by atoms with Crippen molar-refractivity contribution in [1.29, 1.82) is 0 Å². The number of alkyl halides is 2. The van der Waals surface area contributed by atoms with Crippen LogP contribution < -0.4 is 24.5 Å². The minimum Gasteiger partial charge on any atom is -0.497 e. The van der Waals surface area contributed by atoms with Gasteiger partial charge in [0, 0.05) is 17.7 Å². The Hall–Kier alpha value is -4.61. The highest BCUT2D eigenvalue weighted by Crippen LogP contribution is 2.48.